The van der Waals surface area contributed by atoms with Gasteiger partial charge in [-0.15, -0.1) is 0 Å². The third-order valence-corrected chi connectivity index (χ3v) is 6.76. The number of carbonyl (C=O) groups is 2. The summed E-state index contributed by atoms with van der Waals surface area (Å²) in [5.74, 6) is -0.154. The highest BCUT2D eigenvalue weighted by molar-refractivity contribution is 6.08. The number of H-pyrrole nitrogens is 1. The van der Waals surface area contributed by atoms with Gasteiger partial charge in [0.1, 0.15) is 0 Å². The lowest BCUT2D eigenvalue weighted by Crippen LogP contribution is -2.52. The minimum absolute atomic E-state index is 0.00565. The number of aromatic amines is 1. The molecular weight excluding hydrogens is 458 g/mol. The first-order valence-electron chi connectivity index (χ1n) is 12.6. The van der Waals surface area contributed by atoms with E-state index in [0.29, 0.717) is 45.0 Å². The van der Waals surface area contributed by atoms with Gasteiger partial charge in [0.25, 0.3) is 5.91 Å². The van der Waals surface area contributed by atoms with Gasteiger partial charge in [-0.3, -0.25) is 14.9 Å². The van der Waals surface area contributed by atoms with E-state index in [-0.39, 0.29) is 24.0 Å². The lowest BCUT2D eigenvalue weighted by atomic mass is 10.0. The molecule has 0 atom stereocenters. The average molecular weight is 492 g/mol. The molecule has 3 amide bonds. The highest BCUT2D eigenvalue weighted by atomic mass is 16.5. The summed E-state index contributed by atoms with van der Waals surface area (Å²) in [5, 5.41) is 14.4. The van der Waals surface area contributed by atoms with Crippen LogP contribution in [-0.2, 0) is 4.74 Å². The first kappa shape index (κ1) is 24.1. The Kier molecular flexibility index (Phi) is 7.04. The summed E-state index contributed by atoms with van der Waals surface area (Å²) in [6.45, 7) is 7.81. The Balaban J connectivity index is 1.31. The Morgan fingerprint density at radius 1 is 1.06 bits per heavy atom. The fraction of sp³-hybridized carbons (Fsp3) is 0.462. The normalized spacial score (nSPS) is 17.0. The number of fused-ring (bicyclic) bond motifs is 1. The number of pyridine rings is 1. The van der Waals surface area contributed by atoms with Crippen molar-refractivity contribution in [3.8, 4) is 11.1 Å². The number of aromatic nitrogens is 3. The lowest BCUT2D eigenvalue weighted by Gasteiger charge is -2.37. The zero-order chi connectivity index (χ0) is 25.1. The van der Waals surface area contributed by atoms with Crippen LogP contribution < -0.4 is 10.6 Å². The third kappa shape index (κ3) is 5.13. The minimum atomic E-state index is -0.154. The molecule has 1 aromatic carbocycles. The summed E-state index contributed by atoms with van der Waals surface area (Å²) in [6, 6.07) is 6.22. The summed E-state index contributed by atoms with van der Waals surface area (Å²) in [6.07, 6.45) is 6.71. The van der Waals surface area contributed by atoms with Gasteiger partial charge in [-0.25, -0.2) is 4.79 Å². The van der Waals surface area contributed by atoms with Crippen molar-refractivity contribution in [1.29, 1.82) is 0 Å². The quantitative estimate of drug-likeness (QED) is 0.505. The molecule has 0 saturated carbocycles. The molecule has 36 heavy (non-hydrogen) atoms. The van der Waals surface area contributed by atoms with Crippen LogP contribution in [0.5, 0.6) is 0 Å². The number of amides is 3. The van der Waals surface area contributed by atoms with E-state index in [4.69, 9.17) is 4.74 Å². The van der Waals surface area contributed by atoms with E-state index in [0.717, 1.165) is 40.6 Å². The van der Waals surface area contributed by atoms with Crippen LogP contribution in [0.1, 0.15) is 37.0 Å². The molecule has 3 aromatic rings. The Morgan fingerprint density at radius 3 is 2.50 bits per heavy atom. The second kappa shape index (κ2) is 10.5. The van der Waals surface area contributed by atoms with E-state index in [9.17, 15) is 9.59 Å². The van der Waals surface area contributed by atoms with Crippen molar-refractivity contribution >= 4 is 28.5 Å². The summed E-state index contributed by atoms with van der Waals surface area (Å²) < 4.78 is 5.35. The molecule has 0 aliphatic carbocycles. The third-order valence-electron chi connectivity index (χ3n) is 6.76. The van der Waals surface area contributed by atoms with Crippen LogP contribution in [0.2, 0.25) is 0 Å². The van der Waals surface area contributed by atoms with Crippen molar-refractivity contribution in [2.45, 2.75) is 38.8 Å². The molecule has 2 aromatic heterocycles. The number of hydrogen-bond donors (Lipinski definition) is 3. The second-order valence-electron chi connectivity index (χ2n) is 9.68. The van der Waals surface area contributed by atoms with Crippen molar-refractivity contribution in [3.63, 3.8) is 0 Å². The molecule has 10 nitrogen and oxygen atoms in total. The SMILES string of the molecule is CC(C)Nc1c(C(=O)NC2CCN(C(=O)N3CCOCC3)CC2)cnc2ccc(-c3cn[nH]c3)cc12. The zero-order valence-electron chi connectivity index (χ0n) is 20.8. The molecule has 3 N–H and O–H groups in total. The van der Waals surface area contributed by atoms with E-state index >= 15 is 0 Å². The summed E-state index contributed by atoms with van der Waals surface area (Å²) in [4.78, 5) is 34.5. The Hall–Kier alpha value is -3.66. The maximum Gasteiger partial charge on any atom is 0.320 e. The number of benzene rings is 1. The summed E-state index contributed by atoms with van der Waals surface area (Å²) in [5.41, 5.74) is 4.09. The number of nitrogens with one attached hydrogen (secondary N) is 3. The molecule has 0 spiro atoms. The van der Waals surface area contributed by atoms with Crippen LogP contribution in [-0.4, -0.2) is 88.4 Å². The molecular formula is C26H33N7O3. The van der Waals surface area contributed by atoms with Crippen molar-refractivity contribution in [2.75, 3.05) is 44.7 Å². The Bertz CT molecular complexity index is 1210. The molecule has 5 rings (SSSR count). The van der Waals surface area contributed by atoms with Gasteiger partial charge in [-0.05, 0) is 44.4 Å². The van der Waals surface area contributed by atoms with E-state index < -0.39 is 0 Å². The van der Waals surface area contributed by atoms with Crippen LogP contribution in [0.4, 0.5) is 10.5 Å². The maximum atomic E-state index is 13.4. The molecule has 2 fully saturated rings. The number of morpholine rings is 1. The van der Waals surface area contributed by atoms with E-state index in [1.807, 2.05) is 34.2 Å². The number of nitrogens with zero attached hydrogens (tertiary/aromatic N) is 4. The number of urea groups is 1. The molecule has 2 saturated heterocycles. The zero-order valence-corrected chi connectivity index (χ0v) is 20.8. The van der Waals surface area contributed by atoms with Gasteiger partial charge in [0, 0.05) is 61.6 Å². The monoisotopic (exact) mass is 491 g/mol. The van der Waals surface area contributed by atoms with Crippen LogP contribution in [0.15, 0.2) is 36.8 Å². The van der Waals surface area contributed by atoms with E-state index in [2.05, 4.69) is 39.7 Å². The van der Waals surface area contributed by atoms with Crippen LogP contribution in [0.3, 0.4) is 0 Å². The van der Waals surface area contributed by atoms with Crippen molar-refractivity contribution in [2.24, 2.45) is 0 Å². The van der Waals surface area contributed by atoms with E-state index in [1.165, 1.54) is 0 Å². The molecule has 0 bridgehead atoms. The topological polar surface area (TPSA) is 115 Å². The number of piperidine rings is 1. The van der Waals surface area contributed by atoms with Crippen molar-refractivity contribution in [1.82, 2.24) is 30.3 Å². The first-order chi connectivity index (χ1) is 17.5. The predicted octanol–water partition coefficient (Wildman–Crippen LogP) is 3.09. The number of hydrogen-bond acceptors (Lipinski definition) is 6. The molecule has 2 aliphatic heterocycles. The molecule has 190 valence electrons. The van der Waals surface area contributed by atoms with Crippen LogP contribution in [0, 0.1) is 0 Å². The fourth-order valence-electron chi connectivity index (χ4n) is 4.83. The first-order valence-corrected chi connectivity index (χ1v) is 12.6. The van der Waals surface area contributed by atoms with Crippen molar-refractivity contribution in [3.05, 3.63) is 42.4 Å². The van der Waals surface area contributed by atoms with Gasteiger partial charge in [-0.2, -0.15) is 5.10 Å². The van der Waals surface area contributed by atoms with E-state index in [1.54, 1.807) is 12.4 Å². The lowest BCUT2D eigenvalue weighted by molar-refractivity contribution is 0.0407. The maximum absolute atomic E-state index is 13.4. The average Bonchev–Trinajstić information content (AvgIpc) is 3.44. The van der Waals surface area contributed by atoms with Crippen LogP contribution in [0.25, 0.3) is 22.0 Å². The highest BCUT2D eigenvalue weighted by Crippen LogP contribution is 2.31. The minimum Gasteiger partial charge on any atom is -0.382 e. The van der Waals surface area contributed by atoms with Gasteiger partial charge in [0.05, 0.1) is 36.2 Å². The van der Waals surface area contributed by atoms with Crippen molar-refractivity contribution < 1.29 is 14.3 Å². The molecule has 4 heterocycles. The molecule has 10 heteroatoms. The van der Waals surface area contributed by atoms with Gasteiger partial charge < -0.3 is 25.2 Å². The fourth-order valence-corrected chi connectivity index (χ4v) is 4.83. The van der Waals surface area contributed by atoms with Gasteiger partial charge in [-0.1, -0.05) is 6.07 Å². The number of anilines is 1. The highest BCUT2D eigenvalue weighted by Gasteiger charge is 2.28. The molecule has 0 radical (unpaired) electrons. The largest absolute Gasteiger partial charge is 0.382 e. The van der Waals surface area contributed by atoms with Gasteiger partial charge in [0.2, 0.25) is 0 Å². The van der Waals surface area contributed by atoms with Gasteiger partial charge >= 0.3 is 6.03 Å². The molecule has 0 unspecified atom stereocenters. The number of ether oxygens (including phenoxy) is 1. The summed E-state index contributed by atoms with van der Waals surface area (Å²) >= 11 is 0. The second-order valence-corrected chi connectivity index (χ2v) is 9.68. The summed E-state index contributed by atoms with van der Waals surface area (Å²) in [7, 11) is 0. The number of rotatable bonds is 5. The Labute approximate surface area is 210 Å². The predicted molar refractivity (Wildman–Crippen MR) is 138 cm³/mol. The molecule has 2 aliphatic rings. The smallest absolute Gasteiger partial charge is 0.320 e. The van der Waals surface area contributed by atoms with Gasteiger partial charge in [0.15, 0.2) is 0 Å². The Morgan fingerprint density at radius 2 is 1.81 bits per heavy atom. The van der Waals surface area contributed by atoms with Crippen LogP contribution >= 0.6 is 0 Å². The standard InChI is InChI=1S/C26H33N7O3/c1-17(2)30-24-21-13-18(19-14-28-29-15-19)3-4-23(21)27-16-22(24)25(34)31-20-5-7-32(8-6-20)26(35)33-9-11-36-12-10-33/h3-4,13-17,20H,5-12H2,1-2H3,(H,27,30)(H,28,29)(H,31,34). The number of carbonyl (C=O) groups excluding carboxylic acids is 2. The number of likely N-dealkylation sites (tertiary alicyclic amines) is 1.